The fourth-order valence-electron chi connectivity index (χ4n) is 2.57. The minimum absolute atomic E-state index is 0.154. The summed E-state index contributed by atoms with van der Waals surface area (Å²) in [6.45, 7) is 0.892. The van der Waals surface area contributed by atoms with Gasteiger partial charge >= 0.3 is 12.3 Å². The highest BCUT2D eigenvalue weighted by Gasteiger charge is 2.57. The number of carbonyl (C=O) groups is 1. The number of nitrogens with two attached hydrogens (primary N) is 1. The molecule has 1 aromatic rings. The molecule has 1 amide bonds. The Balaban J connectivity index is 1.76. The zero-order valence-electron chi connectivity index (χ0n) is 10.3. The molecule has 0 bridgehead atoms. The lowest BCUT2D eigenvalue weighted by atomic mass is 10.0. The molecule has 20 heavy (non-hydrogen) atoms. The van der Waals surface area contributed by atoms with Crippen molar-refractivity contribution < 1.29 is 22.7 Å². The van der Waals surface area contributed by atoms with Gasteiger partial charge in [0.2, 0.25) is 0 Å². The quantitative estimate of drug-likeness (QED) is 0.909. The van der Waals surface area contributed by atoms with E-state index < -0.39 is 18.0 Å². The monoisotopic (exact) mass is 307 g/mol. The lowest BCUT2D eigenvalue weighted by Gasteiger charge is -2.15. The third kappa shape index (κ3) is 2.30. The summed E-state index contributed by atoms with van der Waals surface area (Å²) in [4.78, 5) is 16.2. The summed E-state index contributed by atoms with van der Waals surface area (Å²) in [5, 5.41) is 1.30. The second-order valence-electron chi connectivity index (χ2n) is 5.18. The van der Waals surface area contributed by atoms with Crippen molar-refractivity contribution in [2.75, 3.05) is 18.0 Å². The SMILES string of the molecule is NC(=O)OC1CN(c2nc(C(F)(F)F)cs2)CC12CC2. The molecule has 3 rings (SSSR count). The Morgan fingerprint density at radius 3 is 2.75 bits per heavy atom. The number of thiazole rings is 1. The van der Waals surface area contributed by atoms with E-state index >= 15 is 0 Å². The minimum atomic E-state index is -4.44. The van der Waals surface area contributed by atoms with Crippen LogP contribution in [0.4, 0.5) is 23.1 Å². The van der Waals surface area contributed by atoms with Crippen molar-refractivity contribution in [3.05, 3.63) is 11.1 Å². The minimum Gasteiger partial charge on any atom is -0.444 e. The summed E-state index contributed by atoms with van der Waals surface area (Å²) >= 11 is 0.946. The number of amides is 1. The van der Waals surface area contributed by atoms with Crippen LogP contribution in [0.15, 0.2) is 5.38 Å². The number of halogens is 3. The molecule has 2 aliphatic rings. The predicted molar refractivity (Wildman–Crippen MR) is 65.5 cm³/mol. The second-order valence-corrected chi connectivity index (χ2v) is 6.02. The van der Waals surface area contributed by atoms with E-state index in [4.69, 9.17) is 10.5 Å². The lowest BCUT2D eigenvalue weighted by molar-refractivity contribution is -0.140. The molecule has 0 radical (unpaired) electrons. The summed E-state index contributed by atoms with van der Waals surface area (Å²) in [6.07, 6.45) is -3.87. The van der Waals surface area contributed by atoms with Gasteiger partial charge in [-0.2, -0.15) is 13.2 Å². The summed E-state index contributed by atoms with van der Waals surface area (Å²) in [7, 11) is 0. The number of anilines is 1. The van der Waals surface area contributed by atoms with Gasteiger partial charge in [-0.3, -0.25) is 0 Å². The van der Waals surface area contributed by atoms with Crippen molar-refractivity contribution in [3.63, 3.8) is 0 Å². The summed E-state index contributed by atoms with van der Waals surface area (Å²) in [5.41, 5.74) is 3.98. The lowest BCUT2D eigenvalue weighted by Crippen LogP contribution is -2.30. The van der Waals surface area contributed by atoms with Gasteiger partial charge in [0, 0.05) is 17.3 Å². The Hall–Kier alpha value is -1.51. The maximum absolute atomic E-state index is 12.5. The molecule has 110 valence electrons. The van der Waals surface area contributed by atoms with Crippen LogP contribution in [-0.4, -0.2) is 30.3 Å². The van der Waals surface area contributed by atoms with Crippen LogP contribution in [0, 0.1) is 5.41 Å². The fraction of sp³-hybridized carbons (Fsp3) is 0.636. The summed E-state index contributed by atoms with van der Waals surface area (Å²) < 4.78 is 42.7. The van der Waals surface area contributed by atoms with Gasteiger partial charge in [-0.15, -0.1) is 11.3 Å². The van der Waals surface area contributed by atoms with E-state index in [-0.39, 0.29) is 11.5 Å². The second kappa shape index (κ2) is 4.24. The number of aromatic nitrogens is 1. The standard InChI is InChI=1S/C11H12F3N3O2S/c12-11(13,14)6-4-20-9(16-6)17-3-7(19-8(15)18)10(5-17)1-2-10/h4,7H,1-3,5H2,(H2,15,18). The van der Waals surface area contributed by atoms with Crippen LogP contribution < -0.4 is 10.6 Å². The molecule has 2 heterocycles. The Bertz CT molecular complexity index is 541. The van der Waals surface area contributed by atoms with Gasteiger partial charge < -0.3 is 15.4 Å². The highest BCUT2D eigenvalue weighted by atomic mass is 32.1. The van der Waals surface area contributed by atoms with E-state index in [0.29, 0.717) is 18.2 Å². The number of rotatable bonds is 2. The smallest absolute Gasteiger partial charge is 0.434 e. The van der Waals surface area contributed by atoms with Crippen LogP contribution in [0.2, 0.25) is 0 Å². The normalized spacial score (nSPS) is 24.1. The molecule has 1 aliphatic heterocycles. The zero-order chi connectivity index (χ0) is 14.5. The number of ether oxygens (including phenoxy) is 1. The van der Waals surface area contributed by atoms with Gasteiger partial charge in [0.15, 0.2) is 10.8 Å². The Morgan fingerprint density at radius 2 is 2.25 bits per heavy atom. The molecule has 5 nitrogen and oxygen atoms in total. The van der Waals surface area contributed by atoms with Crippen LogP contribution in [-0.2, 0) is 10.9 Å². The van der Waals surface area contributed by atoms with Crippen LogP contribution in [0.3, 0.4) is 0 Å². The van der Waals surface area contributed by atoms with Gasteiger partial charge in [0.1, 0.15) is 6.10 Å². The van der Waals surface area contributed by atoms with Gasteiger partial charge in [-0.25, -0.2) is 9.78 Å². The largest absolute Gasteiger partial charge is 0.444 e. The van der Waals surface area contributed by atoms with Gasteiger partial charge in [0.05, 0.1) is 6.54 Å². The van der Waals surface area contributed by atoms with Crippen LogP contribution in [0.1, 0.15) is 18.5 Å². The van der Waals surface area contributed by atoms with E-state index in [0.717, 1.165) is 29.6 Å². The van der Waals surface area contributed by atoms with Crippen LogP contribution in [0.5, 0.6) is 0 Å². The number of hydrogen-bond acceptors (Lipinski definition) is 5. The summed E-state index contributed by atoms with van der Waals surface area (Å²) in [5.74, 6) is 0. The van der Waals surface area contributed by atoms with E-state index in [9.17, 15) is 18.0 Å². The summed E-state index contributed by atoms with van der Waals surface area (Å²) in [6, 6.07) is 0. The van der Waals surface area contributed by atoms with E-state index in [1.807, 2.05) is 0 Å². The first kappa shape index (κ1) is 13.5. The molecular formula is C11H12F3N3O2S. The molecule has 1 aromatic heterocycles. The van der Waals surface area contributed by atoms with Gasteiger partial charge in [-0.1, -0.05) is 0 Å². The first-order valence-electron chi connectivity index (χ1n) is 6.04. The molecular weight excluding hydrogens is 295 g/mol. The number of nitrogens with zero attached hydrogens (tertiary/aromatic N) is 2. The van der Waals surface area contributed by atoms with E-state index in [1.54, 1.807) is 4.90 Å². The van der Waals surface area contributed by atoms with Crippen molar-refractivity contribution in [2.45, 2.75) is 25.1 Å². The molecule has 1 saturated carbocycles. The van der Waals surface area contributed by atoms with Crippen molar-refractivity contribution in [1.82, 2.24) is 4.98 Å². The number of primary amides is 1. The first-order chi connectivity index (χ1) is 9.30. The zero-order valence-corrected chi connectivity index (χ0v) is 11.1. The average Bonchev–Trinajstić information content (AvgIpc) is 2.80. The van der Waals surface area contributed by atoms with Crippen LogP contribution >= 0.6 is 11.3 Å². The molecule has 1 atom stereocenters. The number of hydrogen-bond donors (Lipinski definition) is 1. The van der Waals surface area contributed by atoms with Crippen molar-refractivity contribution in [1.29, 1.82) is 0 Å². The fourth-order valence-corrected chi connectivity index (χ4v) is 3.41. The van der Waals surface area contributed by atoms with Crippen LogP contribution in [0.25, 0.3) is 0 Å². The molecule has 1 unspecified atom stereocenters. The average molecular weight is 307 g/mol. The van der Waals surface area contributed by atoms with Crippen molar-refractivity contribution >= 4 is 22.6 Å². The predicted octanol–water partition coefficient (Wildman–Crippen LogP) is 2.23. The number of alkyl halides is 3. The molecule has 2 fully saturated rings. The molecule has 1 spiro atoms. The van der Waals surface area contributed by atoms with Gasteiger partial charge in [-0.05, 0) is 12.8 Å². The van der Waals surface area contributed by atoms with Crippen molar-refractivity contribution in [3.8, 4) is 0 Å². The third-order valence-electron chi connectivity index (χ3n) is 3.78. The Kier molecular flexibility index (Phi) is 2.86. The van der Waals surface area contributed by atoms with E-state index in [2.05, 4.69) is 4.98 Å². The Labute approximate surface area is 116 Å². The molecule has 9 heteroatoms. The number of carbonyl (C=O) groups excluding carboxylic acids is 1. The topological polar surface area (TPSA) is 68.5 Å². The maximum Gasteiger partial charge on any atom is 0.434 e. The maximum atomic E-state index is 12.5. The molecule has 0 aromatic carbocycles. The molecule has 1 aliphatic carbocycles. The third-order valence-corrected chi connectivity index (χ3v) is 4.68. The molecule has 2 N–H and O–H groups in total. The molecule has 1 saturated heterocycles. The first-order valence-corrected chi connectivity index (χ1v) is 6.92. The Morgan fingerprint density at radius 1 is 1.55 bits per heavy atom. The van der Waals surface area contributed by atoms with E-state index in [1.165, 1.54) is 0 Å². The van der Waals surface area contributed by atoms with Crippen molar-refractivity contribution in [2.24, 2.45) is 11.1 Å². The van der Waals surface area contributed by atoms with Gasteiger partial charge in [0.25, 0.3) is 0 Å². The highest BCUT2D eigenvalue weighted by Crippen LogP contribution is 2.55. The highest BCUT2D eigenvalue weighted by molar-refractivity contribution is 7.13.